The summed E-state index contributed by atoms with van der Waals surface area (Å²) in [5.74, 6) is 0. The normalized spacial score (nSPS) is 19.1. The van der Waals surface area contributed by atoms with Crippen LogP contribution in [-0.2, 0) is 0 Å². The van der Waals surface area contributed by atoms with Gasteiger partial charge in [-0.15, -0.1) is 0 Å². The molecule has 1 heterocycles. The molecule has 5 nitrogen and oxygen atoms in total. The summed E-state index contributed by atoms with van der Waals surface area (Å²) < 4.78 is 0. The van der Waals surface area contributed by atoms with Crippen LogP contribution in [0.1, 0.15) is 30.9 Å². The van der Waals surface area contributed by atoms with E-state index in [0.29, 0.717) is 0 Å². The highest BCUT2D eigenvalue weighted by Crippen LogP contribution is 2.48. The molecule has 0 amide bonds. The summed E-state index contributed by atoms with van der Waals surface area (Å²) in [6.07, 6.45) is 2.77. The van der Waals surface area contributed by atoms with Gasteiger partial charge in [0.2, 0.25) is 0 Å². The van der Waals surface area contributed by atoms with Gasteiger partial charge in [0.05, 0.1) is 22.5 Å². The van der Waals surface area contributed by atoms with Crippen LogP contribution in [0.4, 0.5) is 0 Å². The van der Waals surface area contributed by atoms with Gasteiger partial charge in [0, 0.05) is 6.04 Å². The Labute approximate surface area is 104 Å². The first-order valence-corrected chi connectivity index (χ1v) is 6.03. The summed E-state index contributed by atoms with van der Waals surface area (Å²) in [5, 5.41) is 9.29. The third-order valence-corrected chi connectivity index (χ3v) is 3.96. The lowest BCUT2D eigenvalue weighted by molar-refractivity contribution is 0.169. The lowest BCUT2D eigenvalue weighted by Gasteiger charge is -2.40. The van der Waals surface area contributed by atoms with Crippen LogP contribution in [0.25, 0.3) is 11.0 Å². The smallest absolute Gasteiger partial charge is 0.323 e. The zero-order valence-corrected chi connectivity index (χ0v) is 9.86. The maximum absolute atomic E-state index is 11.2. The van der Waals surface area contributed by atoms with Crippen molar-refractivity contribution in [3.8, 4) is 6.07 Å². The number of benzene rings is 1. The van der Waals surface area contributed by atoms with E-state index < -0.39 is 5.41 Å². The molecule has 5 heteroatoms. The molecule has 3 rings (SSSR count). The van der Waals surface area contributed by atoms with Gasteiger partial charge in [0.15, 0.2) is 0 Å². The fraction of sp³-hybridized carbons (Fsp3) is 0.385. The predicted molar refractivity (Wildman–Crippen MR) is 67.7 cm³/mol. The minimum atomic E-state index is -0.426. The van der Waals surface area contributed by atoms with Crippen molar-refractivity contribution >= 4 is 11.0 Å². The lowest BCUT2D eigenvalue weighted by atomic mass is 9.64. The first kappa shape index (κ1) is 11.1. The molecule has 0 saturated heterocycles. The van der Waals surface area contributed by atoms with Crippen LogP contribution in [0.2, 0.25) is 0 Å². The van der Waals surface area contributed by atoms with E-state index in [1.54, 1.807) is 0 Å². The van der Waals surface area contributed by atoms with E-state index in [1.165, 1.54) is 0 Å². The van der Waals surface area contributed by atoms with Crippen LogP contribution in [0.15, 0.2) is 23.0 Å². The van der Waals surface area contributed by atoms with Crippen molar-refractivity contribution in [3.05, 3.63) is 34.2 Å². The maximum Gasteiger partial charge on any atom is 0.323 e. The number of rotatable bonds is 2. The monoisotopic (exact) mass is 242 g/mol. The van der Waals surface area contributed by atoms with Gasteiger partial charge in [-0.2, -0.15) is 5.26 Å². The third-order valence-electron chi connectivity index (χ3n) is 3.96. The quantitative estimate of drug-likeness (QED) is 0.745. The Hall–Kier alpha value is -2.06. The Kier molecular flexibility index (Phi) is 2.28. The molecule has 1 saturated carbocycles. The molecule has 1 aromatic heterocycles. The van der Waals surface area contributed by atoms with E-state index in [4.69, 9.17) is 5.73 Å². The standard InChI is InChI=1S/C13H14N4O/c14-7-13(4-1-5-13)11(15)8-2-3-9-10(6-8)17-12(18)16-9/h2-3,6,11H,1,4-5,15H2,(H2,16,17,18). The van der Waals surface area contributed by atoms with Gasteiger partial charge in [0.25, 0.3) is 0 Å². The maximum atomic E-state index is 11.2. The number of nitrogens with zero attached hydrogens (tertiary/aromatic N) is 1. The van der Waals surface area contributed by atoms with Crippen molar-refractivity contribution in [2.45, 2.75) is 25.3 Å². The van der Waals surface area contributed by atoms with Crippen molar-refractivity contribution in [1.82, 2.24) is 9.97 Å². The van der Waals surface area contributed by atoms with Crippen molar-refractivity contribution in [2.75, 3.05) is 0 Å². The zero-order valence-electron chi connectivity index (χ0n) is 9.86. The molecule has 92 valence electrons. The van der Waals surface area contributed by atoms with Crippen LogP contribution in [0, 0.1) is 16.7 Å². The molecule has 1 fully saturated rings. The number of imidazole rings is 1. The number of fused-ring (bicyclic) bond motifs is 1. The first-order chi connectivity index (χ1) is 8.64. The molecule has 4 N–H and O–H groups in total. The van der Waals surface area contributed by atoms with Gasteiger partial charge in [-0.1, -0.05) is 12.5 Å². The molecule has 0 radical (unpaired) electrons. The second-order valence-electron chi connectivity index (χ2n) is 4.98. The van der Waals surface area contributed by atoms with Crippen molar-refractivity contribution in [2.24, 2.45) is 11.1 Å². The molecule has 0 spiro atoms. The lowest BCUT2D eigenvalue weighted by Crippen LogP contribution is -2.39. The first-order valence-electron chi connectivity index (χ1n) is 6.03. The molecule has 1 atom stereocenters. The number of nitrogens with one attached hydrogen (secondary N) is 2. The second kappa shape index (κ2) is 3.72. The van der Waals surface area contributed by atoms with E-state index in [2.05, 4.69) is 16.0 Å². The number of hydrogen-bond donors (Lipinski definition) is 3. The number of hydrogen-bond acceptors (Lipinski definition) is 3. The summed E-state index contributed by atoms with van der Waals surface area (Å²) >= 11 is 0. The summed E-state index contributed by atoms with van der Waals surface area (Å²) in [4.78, 5) is 16.6. The van der Waals surface area contributed by atoms with E-state index in [1.807, 2.05) is 18.2 Å². The van der Waals surface area contributed by atoms with Gasteiger partial charge in [-0.3, -0.25) is 0 Å². The summed E-state index contributed by atoms with van der Waals surface area (Å²) in [6.45, 7) is 0. The van der Waals surface area contributed by atoms with Crippen LogP contribution >= 0.6 is 0 Å². The summed E-state index contributed by atoms with van der Waals surface area (Å²) in [6, 6.07) is 7.63. The average Bonchev–Trinajstić information content (AvgIpc) is 2.67. The molecule has 1 aliphatic rings. The van der Waals surface area contributed by atoms with E-state index in [0.717, 1.165) is 35.9 Å². The number of nitriles is 1. The van der Waals surface area contributed by atoms with Crippen LogP contribution in [-0.4, -0.2) is 9.97 Å². The minimum Gasteiger partial charge on any atom is -0.323 e. The molecule has 2 aromatic rings. The molecule has 1 aliphatic carbocycles. The van der Waals surface area contributed by atoms with E-state index in [-0.39, 0.29) is 11.7 Å². The zero-order chi connectivity index (χ0) is 12.8. The number of H-pyrrole nitrogens is 2. The second-order valence-corrected chi connectivity index (χ2v) is 4.98. The molecular weight excluding hydrogens is 228 g/mol. The molecule has 0 aliphatic heterocycles. The largest absolute Gasteiger partial charge is 0.323 e. The van der Waals surface area contributed by atoms with E-state index in [9.17, 15) is 10.1 Å². The Morgan fingerprint density at radius 2 is 2.06 bits per heavy atom. The van der Waals surface area contributed by atoms with Gasteiger partial charge >= 0.3 is 5.69 Å². The van der Waals surface area contributed by atoms with Crippen LogP contribution in [0.5, 0.6) is 0 Å². The SMILES string of the molecule is N#CC1(C(N)c2ccc3[nH]c(=O)[nH]c3c2)CCC1. The topological polar surface area (TPSA) is 98.5 Å². The molecule has 18 heavy (non-hydrogen) atoms. The van der Waals surface area contributed by atoms with Crippen molar-refractivity contribution in [3.63, 3.8) is 0 Å². The predicted octanol–water partition coefficient (Wildman–Crippen LogP) is 1.55. The summed E-state index contributed by atoms with van der Waals surface area (Å²) in [5.41, 5.74) is 7.96. The number of aromatic amines is 2. The van der Waals surface area contributed by atoms with Crippen LogP contribution < -0.4 is 11.4 Å². The third kappa shape index (κ3) is 1.46. The molecule has 1 unspecified atom stereocenters. The Balaban J connectivity index is 2.04. The highest BCUT2D eigenvalue weighted by atomic mass is 16.1. The fourth-order valence-electron chi connectivity index (χ4n) is 2.61. The van der Waals surface area contributed by atoms with Gasteiger partial charge in [-0.25, -0.2) is 4.79 Å². The Morgan fingerprint density at radius 3 is 2.67 bits per heavy atom. The number of nitrogens with two attached hydrogens (primary N) is 1. The summed E-state index contributed by atoms with van der Waals surface area (Å²) in [7, 11) is 0. The van der Waals surface area contributed by atoms with Gasteiger partial charge in [-0.05, 0) is 30.5 Å². The van der Waals surface area contributed by atoms with Gasteiger partial charge < -0.3 is 15.7 Å². The molecule has 0 bridgehead atoms. The minimum absolute atomic E-state index is 0.227. The Bertz CT molecular complexity index is 687. The fourth-order valence-corrected chi connectivity index (χ4v) is 2.61. The van der Waals surface area contributed by atoms with E-state index >= 15 is 0 Å². The molecular formula is C13H14N4O. The molecule has 1 aromatic carbocycles. The number of aromatic nitrogens is 2. The highest BCUT2D eigenvalue weighted by Gasteiger charge is 2.43. The van der Waals surface area contributed by atoms with Crippen molar-refractivity contribution < 1.29 is 0 Å². The van der Waals surface area contributed by atoms with Crippen molar-refractivity contribution in [1.29, 1.82) is 5.26 Å². The van der Waals surface area contributed by atoms with Gasteiger partial charge in [0.1, 0.15) is 0 Å². The highest BCUT2D eigenvalue weighted by molar-refractivity contribution is 5.75. The average molecular weight is 242 g/mol. The van der Waals surface area contributed by atoms with Crippen LogP contribution in [0.3, 0.4) is 0 Å². The Morgan fingerprint density at radius 1 is 1.33 bits per heavy atom.